The molecule has 7 nitrogen and oxygen atoms in total. The highest BCUT2D eigenvalue weighted by Gasteiger charge is 2.40. The van der Waals surface area contributed by atoms with Crippen LogP contribution in [0.15, 0.2) is 35.3 Å². The Balaban J connectivity index is 1.69. The van der Waals surface area contributed by atoms with Crippen LogP contribution in [0.4, 0.5) is 0 Å². The van der Waals surface area contributed by atoms with E-state index in [1.54, 1.807) is 14.0 Å². The summed E-state index contributed by atoms with van der Waals surface area (Å²) < 4.78 is 16.9. The summed E-state index contributed by atoms with van der Waals surface area (Å²) in [4.78, 5) is 29.8. The van der Waals surface area contributed by atoms with Gasteiger partial charge < -0.3 is 19.5 Å². The summed E-state index contributed by atoms with van der Waals surface area (Å²) in [5.74, 6) is 0.881. The first kappa shape index (κ1) is 26.7. The van der Waals surface area contributed by atoms with Crippen molar-refractivity contribution in [1.82, 2.24) is 5.32 Å². The Morgan fingerprint density at radius 3 is 2.41 bits per heavy atom. The monoisotopic (exact) mass is 506 g/mol. The first-order valence-corrected chi connectivity index (χ1v) is 12.8. The molecule has 0 saturated heterocycles. The first-order valence-electron chi connectivity index (χ1n) is 12.8. The predicted octanol–water partition coefficient (Wildman–Crippen LogP) is 4.54. The third-order valence-corrected chi connectivity index (χ3v) is 7.05. The minimum absolute atomic E-state index is 0.149. The maximum Gasteiger partial charge on any atom is 0.325 e. The summed E-state index contributed by atoms with van der Waals surface area (Å²) >= 11 is 0. The molecule has 37 heavy (non-hydrogen) atoms. The largest absolute Gasteiger partial charge is 0.493 e. The third-order valence-electron chi connectivity index (χ3n) is 7.05. The molecule has 0 unspecified atom stereocenters. The number of aliphatic imine (C=N–C) groups is 1. The molecule has 0 radical (unpaired) electrons. The van der Waals surface area contributed by atoms with Crippen LogP contribution in [0.25, 0.3) is 0 Å². The first-order chi connectivity index (χ1) is 17.3. The molecule has 1 N–H and O–H groups in total. The Bertz CT molecular complexity index is 1260. The summed E-state index contributed by atoms with van der Waals surface area (Å²) in [6.45, 7) is 14.0. The van der Waals surface area contributed by atoms with E-state index in [1.807, 2.05) is 38.1 Å². The molecule has 2 aromatic carbocycles. The van der Waals surface area contributed by atoms with Gasteiger partial charge in [-0.05, 0) is 72.1 Å². The highest BCUT2D eigenvalue weighted by atomic mass is 16.5. The van der Waals surface area contributed by atoms with Crippen molar-refractivity contribution in [2.45, 2.75) is 77.9 Å². The van der Waals surface area contributed by atoms with Crippen molar-refractivity contribution >= 4 is 17.6 Å². The highest BCUT2D eigenvalue weighted by molar-refractivity contribution is 6.16. The van der Waals surface area contributed by atoms with E-state index in [0.29, 0.717) is 0 Å². The maximum atomic E-state index is 12.9. The van der Waals surface area contributed by atoms with Crippen LogP contribution in [0.2, 0.25) is 0 Å². The summed E-state index contributed by atoms with van der Waals surface area (Å²) in [5, 5.41) is 2.69. The van der Waals surface area contributed by atoms with Crippen LogP contribution < -0.4 is 14.8 Å². The lowest BCUT2D eigenvalue weighted by Gasteiger charge is -2.31. The lowest BCUT2D eigenvalue weighted by Crippen LogP contribution is -2.42. The Hall–Kier alpha value is -3.35. The van der Waals surface area contributed by atoms with Crippen molar-refractivity contribution in [3.63, 3.8) is 0 Å². The Labute approximate surface area is 219 Å². The molecule has 0 saturated carbocycles. The fourth-order valence-corrected chi connectivity index (χ4v) is 5.19. The number of benzene rings is 2. The molecule has 0 aromatic heterocycles. The van der Waals surface area contributed by atoms with Gasteiger partial charge in [0.05, 0.1) is 30.4 Å². The van der Waals surface area contributed by atoms with Gasteiger partial charge in [0.2, 0.25) is 5.91 Å². The van der Waals surface area contributed by atoms with E-state index in [4.69, 9.17) is 19.2 Å². The molecule has 198 valence electrons. The molecule has 2 aliphatic rings. The van der Waals surface area contributed by atoms with Gasteiger partial charge in [0.15, 0.2) is 11.5 Å². The molecule has 2 aliphatic heterocycles. The smallest absolute Gasteiger partial charge is 0.325 e. The average molecular weight is 507 g/mol. The van der Waals surface area contributed by atoms with Gasteiger partial charge in [0.1, 0.15) is 12.1 Å². The molecule has 0 atom stereocenters. The number of fused-ring (bicyclic) bond motifs is 3. The van der Waals surface area contributed by atoms with Gasteiger partial charge in [-0.2, -0.15) is 0 Å². The fraction of sp³-hybridized carbons (Fsp3) is 0.500. The zero-order valence-electron chi connectivity index (χ0n) is 23.2. The number of esters is 1. The number of hydrogen-bond acceptors (Lipinski definition) is 6. The van der Waals surface area contributed by atoms with E-state index in [1.165, 1.54) is 5.56 Å². The van der Waals surface area contributed by atoms with Gasteiger partial charge in [-0.3, -0.25) is 14.6 Å². The van der Waals surface area contributed by atoms with Crippen LogP contribution in [0, 0.1) is 0 Å². The fourth-order valence-electron chi connectivity index (χ4n) is 5.19. The van der Waals surface area contributed by atoms with Crippen molar-refractivity contribution < 1.29 is 23.8 Å². The number of amides is 1. The van der Waals surface area contributed by atoms with E-state index in [0.717, 1.165) is 52.3 Å². The molecular formula is C30H38N2O5. The van der Waals surface area contributed by atoms with Crippen molar-refractivity contribution in [3.05, 3.63) is 58.1 Å². The molecule has 1 amide bonds. The van der Waals surface area contributed by atoms with E-state index in [2.05, 4.69) is 39.1 Å². The van der Waals surface area contributed by atoms with Crippen LogP contribution in [-0.4, -0.2) is 49.0 Å². The van der Waals surface area contributed by atoms with Crippen LogP contribution in [0.3, 0.4) is 0 Å². The molecule has 0 spiro atoms. The van der Waals surface area contributed by atoms with E-state index in [9.17, 15) is 9.59 Å². The van der Waals surface area contributed by atoms with Crippen molar-refractivity contribution in [2.24, 2.45) is 4.99 Å². The van der Waals surface area contributed by atoms with Crippen LogP contribution in [-0.2, 0) is 32.6 Å². The lowest BCUT2D eigenvalue weighted by atomic mass is 9.79. The third kappa shape index (κ3) is 5.22. The SMILES string of the molecule is CCOC(=O)CNC(=O)C(C)(C)c1ccc(C2=NC(C)(C)Cc3cc(OC)c4c(c32)CC(C)(C)O4)cc1. The zero-order valence-corrected chi connectivity index (χ0v) is 23.2. The second-order valence-electron chi connectivity index (χ2n) is 11.6. The van der Waals surface area contributed by atoms with Crippen molar-refractivity contribution in [3.8, 4) is 11.5 Å². The normalized spacial score (nSPS) is 17.1. The van der Waals surface area contributed by atoms with Crippen molar-refractivity contribution in [2.75, 3.05) is 20.3 Å². The summed E-state index contributed by atoms with van der Waals surface area (Å²) in [6, 6.07) is 10.1. The second-order valence-corrected chi connectivity index (χ2v) is 11.6. The zero-order chi connectivity index (χ0) is 27.2. The maximum absolute atomic E-state index is 12.9. The number of ether oxygens (including phenoxy) is 3. The molecule has 0 fully saturated rings. The van der Waals surface area contributed by atoms with Gasteiger partial charge in [-0.25, -0.2) is 0 Å². The Morgan fingerprint density at radius 1 is 1.11 bits per heavy atom. The number of carbonyl (C=O) groups is 2. The van der Waals surface area contributed by atoms with Crippen LogP contribution >= 0.6 is 0 Å². The number of nitrogens with zero attached hydrogens (tertiary/aromatic N) is 1. The van der Waals surface area contributed by atoms with E-state index >= 15 is 0 Å². The number of rotatable bonds is 7. The molecule has 2 heterocycles. The molecular weight excluding hydrogens is 468 g/mol. The Morgan fingerprint density at radius 2 is 1.78 bits per heavy atom. The van der Waals surface area contributed by atoms with Crippen LogP contribution in [0.5, 0.6) is 11.5 Å². The summed E-state index contributed by atoms with van der Waals surface area (Å²) in [5.41, 5.74) is 4.79. The predicted molar refractivity (Wildman–Crippen MR) is 144 cm³/mol. The summed E-state index contributed by atoms with van der Waals surface area (Å²) in [7, 11) is 1.68. The number of hydrogen-bond donors (Lipinski definition) is 1. The van der Waals surface area contributed by atoms with Gasteiger partial charge in [0, 0.05) is 23.1 Å². The topological polar surface area (TPSA) is 86.2 Å². The Kier molecular flexibility index (Phi) is 6.86. The van der Waals surface area contributed by atoms with Crippen molar-refractivity contribution in [1.29, 1.82) is 0 Å². The minimum atomic E-state index is -0.830. The number of carbonyl (C=O) groups excluding carboxylic acids is 2. The lowest BCUT2D eigenvalue weighted by molar-refractivity contribution is -0.143. The molecule has 0 aliphatic carbocycles. The van der Waals surface area contributed by atoms with Gasteiger partial charge >= 0.3 is 5.97 Å². The van der Waals surface area contributed by atoms with Gasteiger partial charge in [-0.1, -0.05) is 24.3 Å². The molecule has 2 aromatic rings. The van der Waals surface area contributed by atoms with E-state index < -0.39 is 11.4 Å². The van der Waals surface area contributed by atoms with E-state index in [-0.39, 0.29) is 30.2 Å². The molecule has 7 heteroatoms. The second kappa shape index (κ2) is 9.51. The highest BCUT2D eigenvalue weighted by Crippen LogP contribution is 2.47. The average Bonchev–Trinajstić information content (AvgIpc) is 3.15. The summed E-state index contributed by atoms with van der Waals surface area (Å²) in [6.07, 6.45) is 1.58. The van der Waals surface area contributed by atoms with Gasteiger partial charge in [0.25, 0.3) is 0 Å². The number of methoxy groups -OCH3 is 1. The molecule has 0 bridgehead atoms. The van der Waals surface area contributed by atoms with Gasteiger partial charge in [-0.15, -0.1) is 0 Å². The quantitative estimate of drug-likeness (QED) is 0.558. The standard InChI is InChI=1S/C30H38N2O5/c1-9-36-23(33)17-31-27(34)30(6,7)20-12-10-18(11-13-20)25-24-19(15-28(2,3)32-25)14-22(35-8)26-21(24)16-29(4,5)37-26/h10-14H,9,15-17H2,1-8H3,(H,31,34). The minimum Gasteiger partial charge on any atom is -0.493 e. The molecule has 4 rings (SSSR count). The number of nitrogens with one attached hydrogen (secondary N) is 1. The van der Waals surface area contributed by atoms with Crippen LogP contribution in [0.1, 0.15) is 76.3 Å².